The smallest absolute Gasteiger partial charge is 0.274 e. The maximum Gasteiger partial charge on any atom is 0.274 e. The summed E-state index contributed by atoms with van der Waals surface area (Å²) >= 11 is 6.20. The number of non-ortho nitro benzene ring substituents is 1. The highest BCUT2D eigenvalue weighted by atomic mass is 35.5. The first-order valence-corrected chi connectivity index (χ1v) is 11.3. The van der Waals surface area contributed by atoms with Crippen molar-refractivity contribution in [2.24, 2.45) is 17.8 Å². The summed E-state index contributed by atoms with van der Waals surface area (Å²) in [5, 5.41) is 12.8. The number of ketones is 1. The van der Waals surface area contributed by atoms with Crippen LogP contribution in [0.5, 0.6) is 0 Å². The third kappa shape index (κ3) is 4.31. The number of hydrogen-bond donors (Lipinski definition) is 0. The molecule has 0 spiro atoms. The van der Waals surface area contributed by atoms with Gasteiger partial charge in [-0.25, -0.2) is 5.01 Å². The Morgan fingerprint density at radius 1 is 1.09 bits per heavy atom. The van der Waals surface area contributed by atoms with Crippen molar-refractivity contribution >= 4 is 40.8 Å². The Balaban J connectivity index is 1.71. The fourth-order valence-electron chi connectivity index (χ4n) is 4.64. The number of fused-ring (bicyclic) bond motifs is 1. The first-order valence-electron chi connectivity index (χ1n) is 10.9. The molecule has 0 aromatic heterocycles. The zero-order valence-electron chi connectivity index (χ0n) is 18.3. The number of hydrazine groups is 1. The topological polar surface area (TPSA) is 118 Å². The van der Waals surface area contributed by atoms with Crippen LogP contribution < -0.4 is 0 Å². The predicted octanol–water partition coefficient (Wildman–Crippen LogP) is 3.91. The minimum Gasteiger partial charge on any atom is -0.292 e. The number of carbonyl (C=O) groups excluding carboxylic acids is 4. The summed E-state index contributed by atoms with van der Waals surface area (Å²) in [5.41, 5.74) is -0.278. The van der Waals surface area contributed by atoms with Gasteiger partial charge in [0.1, 0.15) is 6.54 Å². The molecule has 3 atom stereocenters. The molecule has 1 saturated heterocycles. The molecule has 34 heavy (non-hydrogen) atoms. The molecule has 2 aromatic rings. The number of halogens is 1. The number of nitro groups is 1. The van der Waals surface area contributed by atoms with E-state index in [4.69, 9.17) is 11.6 Å². The van der Waals surface area contributed by atoms with Crippen LogP contribution in [-0.4, -0.2) is 45.0 Å². The lowest BCUT2D eigenvalue weighted by atomic mass is 9.76. The lowest BCUT2D eigenvalue weighted by molar-refractivity contribution is -0.384. The van der Waals surface area contributed by atoms with Gasteiger partial charge in [0.15, 0.2) is 5.78 Å². The summed E-state index contributed by atoms with van der Waals surface area (Å²) in [6.07, 6.45) is 1.84. The van der Waals surface area contributed by atoms with E-state index in [-0.39, 0.29) is 27.8 Å². The van der Waals surface area contributed by atoms with Crippen molar-refractivity contribution < 1.29 is 24.1 Å². The zero-order chi connectivity index (χ0) is 24.6. The highest BCUT2D eigenvalue weighted by molar-refractivity contribution is 6.34. The van der Waals surface area contributed by atoms with Crippen molar-refractivity contribution in [1.29, 1.82) is 0 Å². The molecule has 1 aliphatic heterocycles. The molecule has 2 fully saturated rings. The average Bonchev–Trinajstić information content (AvgIpc) is 3.06. The molecule has 2 aromatic carbocycles. The van der Waals surface area contributed by atoms with Gasteiger partial charge in [-0.3, -0.25) is 29.3 Å². The Morgan fingerprint density at radius 2 is 1.79 bits per heavy atom. The normalized spacial score (nSPS) is 21.8. The van der Waals surface area contributed by atoms with Gasteiger partial charge >= 0.3 is 0 Å². The second-order valence-corrected chi connectivity index (χ2v) is 9.10. The van der Waals surface area contributed by atoms with Gasteiger partial charge in [0.2, 0.25) is 0 Å². The van der Waals surface area contributed by atoms with Crippen molar-refractivity contribution in [3.63, 3.8) is 0 Å². The fourth-order valence-corrected chi connectivity index (χ4v) is 4.85. The van der Waals surface area contributed by atoms with Crippen molar-refractivity contribution in [3.05, 3.63) is 74.8 Å². The molecule has 10 heteroatoms. The summed E-state index contributed by atoms with van der Waals surface area (Å²) in [5.74, 6) is -3.31. The third-order valence-corrected chi connectivity index (χ3v) is 6.75. The molecule has 1 aliphatic carbocycles. The third-order valence-electron chi connectivity index (χ3n) is 6.42. The number of amides is 3. The molecule has 2 aliphatic rings. The Labute approximate surface area is 200 Å². The zero-order valence-corrected chi connectivity index (χ0v) is 19.1. The first-order chi connectivity index (χ1) is 16.2. The quantitative estimate of drug-likeness (QED) is 0.266. The van der Waals surface area contributed by atoms with Crippen LogP contribution >= 0.6 is 11.6 Å². The molecule has 9 nitrogen and oxygen atoms in total. The molecule has 0 bridgehead atoms. The maximum absolute atomic E-state index is 13.5. The standard InChI is InChI=1S/C24H22ClN3O6/c1-14-9-10-17-19(11-14)24(32)27(23(17)31)26(22(30)18-7-2-3-8-20(18)25)13-21(29)15-5-4-6-16(12-15)28(33)34/h2-8,12,14,17,19H,9-11,13H2,1H3/t14-,17-,19+/m1/s1. The minimum absolute atomic E-state index is 0.0173. The molecule has 0 N–H and O–H groups in total. The van der Waals surface area contributed by atoms with E-state index in [1.165, 1.54) is 30.3 Å². The van der Waals surface area contributed by atoms with Crippen LogP contribution in [0.25, 0.3) is 0 Å². The van der Waals surface area contributed by atoms with E-state index in [2.05, 4.69) is 0 Å². The number of rotatable bonds is 6. The number of nitrogens with zero attached hydrogens (tertiary/aromatic N) is 3. The number of benzene rings is 2. The van der Waals surface area contributed by atoms with Crippen LogP contribution in [0, 0.1) is 27.9 Å². The number of imide groups is 1. The number of nitro benzene ring substituents is 1. The molecule has 3 amide bonds. The van der Waals surface area contributed by atoms with Gasteiger partial charge in [-0.05, 0) is 37.3 Å². The van der Waals surface area contributed by atoms with Gasteiger partial charge < -0.3 is 0 Å². The highest BCUT2D eigenvalue weighted by Gasteiger charge is 2.53. The van der Waals surface area contributed by atoms with E-state index in [0.717, 1.165) is 22.5 Å². The number of Topliss-reactive ketones (excluding diaryl/α,β-unsaturated/α-hetero) is 1. The van der Waals surface area contributed by atoms with Gasteiger partial charge in [0.05, 0.1) is 27.3 Å². The maximum atomic E-state index is 13.5. The highest BCUT2D eigenvalue weighted by Crippen LogP contribution is 2.41. The largest absolute Gasteiger partial charge is 0.292 e. The summed E-state index contributed by atoms with van der Waals surface area (Å²) in [7, 11) is 0. The van der Waals surface area contributed by atoms with Crippen LogP contribution in [0.4, 0.5) is 5.69 Å². The Hall–Kier alpha value is -3.59. The van der Waals surface area contributed by atoms with Crippen LogP contribution in [-0.2, 0) is 9.59 Å². The average molecular weight is 484 g/mol. The molecule has 4 rings (SSSR count). The molecule has 0 radical (unpaired) electrons. The summed E-state index contributed by atoms with van der Waals surface area (Å²) < 4.78 is 0. The van der Waals surface area contributed by atoms with Crippen molar-refractivity contribution in [2.45, 2.75) is 26.2 Å². The molecule has 1 saturated carbocycles. The van der Waals surface area contributed by atoms with Crippen LogP contribution in [0.3, 0.4) is 0 Å². The van der Waals surface area contributed by atoms with Gasteiger partial charge in [0.25, 0.3) is 23.4 Å². The van der Waals surface area contributed by atoms with Gasteiger partial charge in [0, 0.05) is 17.7 Å². The Bertz CT molecular complexity index is 1200. The van der Waals surface area contributed by atoms with Crippen molar-refractivity contribution in [2.75, 3.05) is 6.54 Å². The van der Waals surface area contributed by atoms with Gasteiger partial charge in [-0.15, -0.1) is 0 Å². The van der Waals surface area contributed by atoms with E-state index in [9.17, 15) is 29.3 Å². The summed E-state index contributed by atoms with van der Waals surface area (Å²) in [4.78, 5) is 63.6. The van der Waals surface area contributed by atoms with Crippen molar-refractivity contribution in [1.82, 2.24) is 10.0 Å². The van der Waals surface area contributed by atoms with Crippen LogP contribution in [0.1, 0.15) is 46.9 Å². The van der Waals surface area contributed by atoms with E-state index in [1.54, 1.807) is 12.1 Å². The first kappa shape index (κ1) is 23.6. The molecule has 0 unspecified atom stereocenters. The molecule has 176 valence electrons. The fraction of sp³-hybridized carbons (Fsp3) is 0.333. The molecule has 1 heterocycles. The predicted molar refractivity (Wildman–Crippen MR) is 122 cm³/mol. The van der Waals surface area contributed by atoms with Crippen molar-refractivity contribution in [3.8, 4) is 0 Å². The number of carbonyl (C=O) groups is 4. The second-order valence-electron chi connectivity index (χ2n) is 8.69. The van der Waals surface area contributed by atoms with E-state index >= 15 is 0 Å². The Kier molecular flexibility index (Phi) is 6.47. The lowest BCUT2D eigenvalue weighted by Crippen LogP contribution is -2.52. The monoisotopic (exact) mass is 483 g/mol. The second kappa shape index (κ2) is 9.34. The van der Waals surface area contributed by atoms with E-state index in [1.807, 2.05) is 6.92 Å². The summed E-state index contributed by atoms with van der Waals surface area (Å²) in [6, 6.07) is 11.2. The van der Waals surface area contributed by atoms with Crippen LogP contribution in [0.2, 0.25) is 5.02 Å². The lowest BCUT2D eigenvalue weighted by Gasteiger charge is -2.30. The van der Waals surface area contributed by atoms with Gasteiger partial charge in [-0.2, -0.15) is 5.01 Å². The molecular formula is C24H22ClN3O6. The van der Waals surface area contributed by atoms with E-state index < -0.39 is 46.8 Å². The molecular weight excluding hydrogens is 462 g/mol. The van der Waals surface area contributed by atoms with Gasteiger partial charge in [-0.1, -0.05) is 42.8 Å². The Morgan fingerprint density at radius 3 is 2.50 bits per heavy atom. The van der Waals surface area contributed by atoms with Crippen LogP contribution in [0.15, 0.2) is 48.5 Å². The number of hydrogen-bond acceptors (Lipinski definition) is 6. The minimum atomic E-state index is -0.780. The summed E-state index contributed by atoms with van der Waals surface area (Å²) in [6.45, 7) is 1.35. The van der Waals surface area contributed by atoms with E-state index in [0.29, 0.717) is 12.8 Å². The SMILES string of the molecule is C[C@@H]1CC[C@H]2C(=O)N(N(CC(=O)c3cccc([N+](=O)[O-])c3)C(=O)c3ccccc3Cl)C(=O)[C@H]2C1.